The fourth-order valence-corrected chi connectivity index (χ4v) is 1.61. The largest absolute Gasteiger partial charge is 0.453 e. The standard InChI is InChI=1S/C12H11N3O2/c1-7(13)12-14-11(15-17-12)10-6-8-4-2-3-5-9(8)16-10/h2-7H,13H2,1H3/t7-/m1/s1. The van der Waals surface area contributed by atoms with Crippen LogP contribution in [0.5, 0.6) is 0 Å². The van der Waals surface area contributed by atoms with Crippen LogP contribution < -0.4 is 5.73 Å². The highest BCUT2D eigenvalue weighted by Crippen LogP contribution is 2.26. The predicted octanol–water partition coefficient (Wildman–Crippen LogP) is 2.50. The van der Waals surface area contributed by atoms with Crippen molar-refractivity contribution in [2.75, 3.05) is 0 Å². The smallest absolute Gasteiger partial charge is 0.243 e. The highest BCUT2D eigenvalue weighted by molar-refractivity contribution is 5.81. The molecule has 0 amide bonds. The molecule has 0 bridgehead atoms. The quantitative estimate of drug-likeness (QED) is 0.730. The minimum absolute atomic E-state index is 0.277. The Morgan fingerprint density at radius 2 is 2.12 bits per heavy atom. The molecular formula is C12H11N3O2. The van der Waals surface area contributed by atoms with Crippen LogP contribution >= 0.6 is 0 Å². The van der Waals surface area contributed by atoms with Gasteiger partial charge in [0.15, 0.2) is 5.76 Å². The van der Waals surface area contributed by atoms with E-state index in [1.165, 1.54) is 0 Å². The molecule has 0 aliphatic heterocycles. The molecule has 0 unspecified atom stereocenters. The summed E-state index contributed by atoms with van der Waals surface area (Å²) in [7, 11) is 0. The molecule has 0 fully saturated rings. The minimum Gasteiger partial charge on any atom is -0.453 e. The van der Waals surface area contributed by atoms with Gasteiger partial charge >= 0.3 is 0 Å². The van der Waals surface area contributed by atoms with Gasteiger partial charge in [0, 0.05) is 5.39 Å². The zero-order chi connectivity index (χ0) is 11.8. The Labute approximate surface area is 97.2 Å². The second-order valence-electron chi connectivity index (χ2n) is 3.89. The topological polar surface area (TPSA) is 78.1 Å². The van der Waals surface area contributed by atoms with Crippen molar-refractivity contribution in [2.24, 2.45) is 5.73 Å². The molecule has 0 radical (unpaired) electrons. The van der Waals surface area contributed by atoms with E-state index >= 15 is 0 Å². The average Bonchev–Trinajstić information content (AvgIpc) is 2.95. The van der Waals surface area contributed by atoms with Gasteiger partial charge in [0.05, 0.1) is 6.04 Å². The van der Waals surface area contributed by atoms with Crippen LogP contribution in [-0.4, -0.2) is 10.1 Å². The van der Waals surface area contributed by atoms with E-state index in [9.17, 15) is 0 Å². The first-order chi connectivity index (χ1) is 8.24. The number of aromatic nitrogens is 2. The molecule has 0 aliphatic rings. The molecule has 17 heavy (non-hydrogen) atoms. The van der Waals surface area contributed by atoms with Crippen LogP contribution in [0.4, 0.5) is 0 Å². The van der Waals surface area contributed by atoms with E-state index in [0.29, 0.717) is 17.5 Å². The van der Waals surface area contributed by atoms with E-state index in [-0.39, 0.29) is 6.04 Å². The van der Waals surface area contributed by atoms with Crippen molar-refractivity contribution >= 4 is 11.0 Å². The summed E-state index contributed by atoms with van der Waals surface area (Å²) >= 11 is 0. The van der Waals surface area contributed by atoms with Crippen molar-refractivity contribution in [3.63, 3.8) is 0 Å². The third-order valence-corrected chi connectivity index (χ3v) is 2.48. The van der Waals surface area contributed by atoms with E-state index in [0.717, 1.165) is 11.0 Å². The SMILES string of the molecule is C[C@@H](N)c1nc(-c2cc3ccccc3o2)no1. The fourth-order valence-electron chi connectivity index (χ4n) is 1.61. The second-order valence-corrected chi connectivity index (χ2v) is 3.89. The van der Waals surface area contributed by atoms with Gasteiger partial charge in [-0.1, -0.05) is 23.4 Å². The summed E-state index contributed by atoms with van der Waals surface area (Å²) < 4.78 is 10.7. The Bertz CT molecular complexity index is 621. The van der Waals surface area contributed by atoms with Crippen LogP contribution in [0.2, 0.25) is 0 Å². The Hall–Kier alpha value is -2.14. The Morgan fingerprint density at radius 1 is 1.29 bits per heavy atom. The number of benzene rings is 1. The van der Waals surface area contributed by atoms with Gasteiger partial charge < -0.3 is 14.7 Å². The molecule has 0 spiro atoms. The number of furan rings is 1. The van der Waals surface area contributed by atoms with Crippen LogP contribution in [0.3, 0.4) is 0 Å². The number of nitrogens with zero attached hydrogens (tertiary/aromatic N) is 2. The van der Waals surface area contributed by atoms with E-state index < -0.39 is 0 Å². The lowest BCUT2D eigenvalue weighted by atomic mass is 10.2. The molecule has 0 saturated heterocycles. The summed E-state index contributed by atoms with van der Waals surface area (Å²) in [6, 6.07) is 9.33. The van der Waals surface area contributed by atoms with Crippen molar-refractivity contribution in [1.82, 2.24) is 10.1 Å². The van der Waals surface area contributed by atoms with Crippen molar-refractivity contribution < 1.29 is 8.94 Å². The Balaban J connectivity index is 2.07. The molecule has 3 aromatic rings. The van der Waals surface area contributed by atoms with Crippen molar-refractivity contribution in [2.45, 2.75) is 13.0 Å². The van der Waals surface area contributed by atoms with Gasteiger partial charge in [-0.05, 0) is 19.1 Å². The van der Waals surface area contributed by atoms with Crippen LogP contribution in [-0.2, 0) is 0 Å². The average molecular weight is 229 g/mol. The van der Waals surface area contributed by atoms with Crippen molar-refractivity contribution in [3.8, 4) is 11.6 Å². The van der Waals surface area contributed by atoms with Crippen LogP contribution in [0.25, 0.3) is 22.6 Å². The molecular weight excluding hydrogens is 218 g/mol. The van der Waals surface area contributed by atoms with Gasteiger partial charge in [0.25, 0.3) is 0 Å². The summed E-state index contributed by atoms with van der Waals surface area (Å²) in [5.74, 6) is 1.41. The molecule has 2 aromatic heterocycles. The molecule has 1 aromatic carbocycles. The van der Waals surface area contributed by atoms with E-state index in [1.807, 2.05) is 30.3 Å². The van der Waals surface area contributed by atoms with Crippen LogP contribution in [0, 0.1) is 0 Å². The first-order valence-electron chi connectivity index (χ1n) is 5.32. The third kappa shape index (κ3) is 1.70. The lowest BCUT2D eigenvalue weighted by Gasteiger charge is -1.92. The molecule has 3 rings (SSSR count). The van der Waals surface area contributed by atoms with E-state index in [1.54, 1.807) is 6.92 Å². The van der Waals surface area contributed by atoms with Gasteiger partial charge in [-0.25, -0.2) is 0 Å². The maximum atomic E-state index is 5.65. The number of para-hydroxylation sites is 1. The maximum Gasteiger partial charge on any atom is 0.243 e. The monoisotopic (exact) mass is 229 g/mol. The zero-order valence-corrected chi connectivity index (χ0v) is 9.25. The van der Waals surface area contributed by atoms with Crippen molar-refractivity contribution in [1.29, 1.82) is 0 Å². The minimum atomic E-state index is -0.277. The van der Waals surface area contributed by atoms with Gasteiger partial charge in [0.2, 0.25) is 11.7 Å². The zero-order valence-electron chi connectivity index (χ0n) is 9.25. The van der Waals surface area contributed by atoms with Gasteiger partial charge in [-0.15, -0.1) is 0 Å². The fraction of sp³-hybridized carbons (Fsp3) is 0.167. The molecule has 0 aliphatic carbocycles. The molecule has 2 N–H and O–H groups in total. The number of hydrogen-bond donors (Lipinski definition) is 1. The number of fused-ring (bicyclic) bond motifs is 1. The number of nitrogens with two attached hydrogens (primary N) is 1. The predicted molar refractivity (Wildman–Crippen MR) is 62.1 cm³/mol. The van der Waals surface area contributed by atoms with E-state index in [4.69, 9.17) is 14.7 Å². The summed E-state index contributed by atoms with van der Waals surface area (Å²) in [6.45, 7) is 1.79. The molecule has 2 heterocycles. The molecule has 1 atom stereocenters. The summed E-state index contributed by atoms with van der Waals surface area (Å²) in [6.07, 6.45) is 0. The summed E-state index contributed by atoms with van der Waals surface area (Å²) in [5, 5.41) is 4.85. The maximum absolute atomic E-state index is 5.65. The first kappa shape index (κ1) is 10.0. The van der Waals surface area contributed by atoms with Gasteiger partial charge in [-0.2, -0.15) is 4.98 Å². The lowest BCUT2D eigenvalue weighted by Crippen LogP contribution is -2.04. The highest BCUT2D eigenvalue weighted by atomic mass is 16.5. The van der Waals surface area contributed by atoms with Crippen LogP contribution in [0.1, 0.15) is 18.9 Å². The second kappa shape index (κ2) is 3.71. The molecule has 5 heteroatoms. The molecule has 5 nitrogen and oxygen atoms in total. The molecule has 0 saturated carbocycles. The number of hydrogen-bond acceptors (Lipinski definition) is 5. The van der Waals surface area contributed by atoms with Gasteiger partial charge in [0.1, 0.15) is 5.58 Å². The Morgan fingerprint density at radius 3 is 2.82 bits per heavy atom. The molecule has 86 valence electrons. The first-order valence-corrected chi connectivity index (χ1v) is 5.32. The summed E-state index contributed by atoms with van der Waals surface area (Å²) in [4.78, 5) is 4.18. The summed E-state index contributed by atoms with van der Waals surface area (Å²) in [5.41, 5.74) is 6.45. The Kier molecular flexibility index (Phi) is 2.19. The van der Waals surface area contributed by atoms with Crippen LogP contribution in [0.15, 0.2) is 39.3 Å². The van der Waals surface area contributed by atoms with Gasteiger partial charge in [-0.3, -0.25) is 0 Å². The highest BCUT2D eigenvalue weighted by Gasteiger charge is 2.15. The van der Waals surface area contributed by atoms with Crippen molar-refractivity contribution in [3.05, 3.63) is 36.2 Å². The number of rotatable bonds is 2. The normalized spacial score (nSPS) is 13.1. The lowest BCUT2D eigenvalue weighted by molar-refractivity contribution is 0.361. The van der Waals surface area contributed by atoms with E-state index in [2.05, 4.69) is 10.1 Å². The third-order valence-electron chi connectivity index (χ3n) is 2.48.